The first-order valence-corrected chi connectivity index (χ1v) is 10.3. The van der Waals surface area contributed by atoms with E-state index < -0.39 is 0 Å². The van der Waals surface area contributed by atoms with Gasteiger partial charge in [0.2, 0.25) is 0 Å². The Bertz CT molecular complexity index is 1120. The van der Waals surface area contributed by atoms with Crippen LogP contribution >= 0.6 is 11.6 Å². The van der Waals surface area contributed by atoms with Crippen LogP contribution in [0.4, 0.5) is 11.5 Å². The molecule has 0 aromatic carbocycles. The molecular weight excluding hydrogens is 390 g/mol. The molecule has 3 aromatic heterocycles. The minimum Gasteiger partial charge on any atom is -0.365 e. The number of hydrogen-bond donors (Lipinski definition) is 0. The fraction of sp³-hybridized carbons (Fsp3) is 0.450. The first-order valence-electron chi connectivity index (χ1n) is 9.94. The summed E-state index contributed by atoms with van der Waals surface area (Å²) in [6, 6.07) is 1.96. The summed E-state index contributed by atoms with van der Waals surface area (Å²) in [6.45, 7) is 5.59. The molecule has 0 atom stereocenters. The van der Waals surface area contributed by atoms with E-state index in [4.69, 9.17) is 11.6 Å². The standard InChI is InChI=1S/C20H22ClN7O/c1-13-24-16-10-22-5-4-15(16)19(25-13)27-8-6-26(7-9-27)17-11-23-28(12-14-2-3-14)20(29)18(17)21/h4-5,10-11,14H,2-3,6-9,12H2,1H3. The second-order valence-electron chi connectivity index (χ2n) is 7.74. The molecule has 3 aromatic rings. The summed E-state index contributed by atoms with van der Waals surface area (Å²) in [4.78, 5) is 30.3. The minimum atomic E-state index is -0.191. The zero-order valence-electron chi connectivity index (χ0n) is 16.3. The lowest BCUT2D eigenvalue weighted by atomic mass is 10.2. The molecule has 0 amide bonds. The van der Waals surface area contributed by atoms with Gasteiger partial charge in [0.1, 0.15) is 16.7 Å². The van der Waals surface area contributed by atoms with E-state index in [1.165, 1.54) is 17.5 Å². The zero-order chi connectivity index (χ0) is 20.0. The number of aromatic nitrogens is 5. The second kappa shape index (κ2) is 7.26. The number of piperazine rings is 1. The van der Waals surface area contributed by atoms with Crippen LogP contribution in [-0.4, -0.2) is 50.9 Å². The molecule has 9 heteroatoms. The van der Waals surface area contributed by atoms with Crippen molar-refractivity contribution in [1.29, 1.82) is 0 Å². The predicted molar refractivity (Wildman–Crippen MR) is 113 cm³/mol. The fourth-order valence-corrected chi connectivity index (χ4v) is 4.10. The lowest BCUT2D eigenvalue weighted by Crippen LogP contribution is -2.47. The Kier molecular flexibility index (Phi) is 4.58. The van der Waals surface area contributed by atoms with Crippen LogP contribution in [0.3, 0.4) is 0 Å². The third-order valence-corrected chi connectivity index (χ3v) is 5.96. The van der Waals surface area contributed by atoms with Crippen molar-refractivity contribution in [2.75, 3.05) is 36.0 Å². The van der Waals surface area contributed by atoms with Gasteiger partial charge in [-0.05, 0) is 31.7 Å². The Hall–Kier alpha value is -2.74. The highest BCUT2D eigenvalue weighted by molar-refractivity contribution is 6.33. The highest BCUT2D eigenvalue weighted by atomic mass is 35.5. The summed E-state index contributed by atoms with van der Waals surface area (Å²) in [6.07, 6.45) is 7.61. The van der Waals surface area contributed by atoms with Gasteiger partial charge in [-0.1, -0.05) is 11.6 Å². The summed E-state index contributed by atoms with van der Waals surface area (Å²) < 4.78 is 1.50. The van der Waals surface area contributed by atoms with Crippen molar-refractivity contribution in [3.05, 3.63) is 45.9 Å². The van der Waals surface area contributed by atoms with E-state index in [2.05, 4.69) is 29.9 Å². The largest absolute Gasteiger partial charge is 0.365 e. The molecule has 4 heterocycles. The van der Waals surface area contributed by atoms with Crippen LogP contribution in [0.15, 0.2) is 29.5 Å². The number of rotatable bonds is 4. The highest BCUT2D eigenvalue weighted by Gasteiger charge is 2.26. The van der Waals surface area contributed by atoms with Gasteiger partial charge in [-0.2, -0.15) is 5.10 Å². The van der Waals surface area contributed by atoms with Crippen molar-refractivity contribution in [2.45, 2.75) is 26.3 Å². The Morgan fingerprint density at radius 2 is 1.86 bits per heavy atom. The van der Waals surface area contributed by atoms with Gasteiger partial charge in [0.05, 0.1) is 23.6 Å². The van der Waals surface area contributed by atoms with Crippen LogP contribution in [-0.2, 0) is 6.54 Å². The van der Waals surface area contributed by atoms with Gasteiger partial charge in [0, 0.05) is 44.3 Å². The Morgan fingerprint density at radius 3 is 2.62 bits per heavy atom. The van der Waals surface area contributed by atoms with Gasteiger partial charge >= 0.3 is 0 Å². The molecule has 5 rings (SSSR count). The van der Waals surface area contributed by atoms with E-state index in [1.807, 2.05) is 13.0 Å². The van der Waals surface area contributed by atoms with Crippen LogP contribution in [0.2, 0.25) is 5.02 Å². The molecule has 8 nitrogen and oxygen atoms in total. The molecule has 1 aliphatic heterocycles. The van der Waals surface area contributed by atoms with Gasteiger partial charge in [-0.25, -0.2) is 14.6 Å². The monoisotopic (exact) mass is 411 g/mol. The molecule has 0 unspecified atom stereocenters. The lowest BCUT2D eigenvalue weighted by molar-refractivity contribution is 0.531. The van der Waals surface area contributed by atoms with Crippen LogP contribution in [0, 0.1) is 12.8 Å². The normalized spacial score (nSPS) is 17.2. The number of pyridine rings is 1. The SMILES string of the molecule is Cc1nc(N2CCN(c3cnn(CC4CC4)c(=O)c3Cl)CC2)c2ccncc2n1. The van der Waals surface area contributed by atoms with E-state index in [0.717, 1.165) is 54.4 Å². The zero-order valence-corrected chi connectivity index (χ0v) is 17.0. The Morgan fingerprint density at radius 1 is 1.10 bits per heavy atom. The van der Waals surface area contributed by atoms with Crippen LogP contribution in [0.25, 0.3) is 10.9 Å². The van der Waals surface area contributed by atoms with E-state index in [1.54, 1.807) is 18.6 Å². The van der Waals surface area contributed by atoms with Gasteiger partial charge < -0.3 is 9.80 Å². The van der Waals surface area contributed by atoms with E-state index in [0.29, 0.717) is 12.5 Å². The molecule has 1 saturated carbocycles. The topological polar surface area (TPSA) is 80.0 Å². The number of aryl methyl sites for hydroxylation is 1. The van der Waals surface area contributed by atoms with Crippen LogP contribution < -0.4 is 15.4 Å². The first kappa shape index (κ1) is 18.3. The average Bonchev–Trinajstić information content (AvgIpc) is 3.55. The maximum Gasteiger partial charge on any atom is 0.287 e. The smallest absolute Gasteiger partial charge is 0.287 e. The fourth-order valence-electron chi connectivity index (χ4n) is 3.83. The van der Waals surface area contributed by atoms with Gasteiger partial charge in [-0.15, -0.1) is 0 Å². The number of halogens is 1. The molecule has 1 saturated heterocycles. The van der Waals surface area contributed by atoms with Crippen molar-refractivity contribution >= 4 is 34.0 Å². The number of hydrogen-bond acceptors (Lipinski definition) is 7. The van der Waals surface area contributed by atoms with Crippen molar-refractivity contribution < 1.29 is 0 Å². The van der Waals surface area contributed by atoms with Gasteiger partial charge in [0.25, 0.3) is 5.56 Å². The van der Waals surface area contributed by atoms with E-state index >= 15 is 0 Å². The maximum atomic E-state index is 12.6. The van der Waals surface area contributed by atoms with E-state index in [9.17, 15) is 4.79 Å². The summed E-state index contributed by atoms with van der Waals surface area (Å²) in [5, 5.41) is 5.63. The lowest BCUT2D eigenvalue weighted by Gasteiger charge is -2.37. The third-order valence-electron chi connectivity index (χ3n) is 5.61. The van der Waals surface area contributed by atoms with Crippen molar-refractivity contribution in [2.24, 2.45) is 5.92 Å². The second-order valence-corrected chi connectivity index (χ2v) is 8.11. The summed E-state index contributed by atoms with van der Waals surface area (Å²) >= 11 is 6.43. The molecule has 1 aliphatic carbocycles. The summed E-state index contributed by atoms with van der Waals surface area (Å²) in [5.74, 6) is 2.24. The molecule has 0 spiro atoms. The molecule has 0 bridgehead atoms. The van der Waals surface area contributed by atoms with Gasteiger partial charge in [0.15, 0.2) is 0 Å². The molecule has 0 N–H and O–H groups in total. The Labute approximate surface area is 173 Å². The summed E-state index contributed by atoms with van der Waals surface area (Å²) in [7, 11) is 0. The van der Waals surface area contributed by atoms with E-state index in [-0.39, 0.29) is 10.6 Å². The van der Waals surface area contributed by atoms with Crippen LogP contribution in [0.1, 0.15) is 18.7 Å². The number of anilines is 2. The minimum absolute atomic E-state index is 0.191. The molecule has 2 fully saturated rings. The van der Waals surface area contributed by atoms with Crippen molar-refractivity contribution in [1.82, 2.24) is 24.7 Å². The molecular formula is C20H22ClN7O. The first-order chi connectivity index (χ1) is 14.1. The molecule has 29 heavy (non-hydrogen) atoms. The Balaban J connectivity index is 1.36. The third kappa shape index (κ3) is 3.53. The van der Waals surface area contributed by atoms with Gasteiger partial charge in [-0.3, -0.25) is 9.78 Å². The maximum absolute atomic E-state index is 12.6. The molecule has 150 valence electrons. The highest BCUT2D eigenvalue weighted by Crippen LogP contribution is 2.31. The predicted octanol–water partition coefficient (Wildman–Crippen LogP) is 2.28. The quantitative estimate of drug-likeness (QED) is 0.651. The van der Waals surface area contributed by atoms with Crippen molar-refractivity contribution in [3.63, 3.8) is 0 Å². The van der Waals surface area contributed by atoms with Crippen molar-refractivity contribution in [3.8, 4) is 0 Å². The number of fused-ring (bicyclic) bond motifs is 1. The summed E-state index contributed by atoms with van der Waals surface area (Å²) in [5.41, 5.74) is 1.38. The van der Waals surface area contributed by atoms with Crippen LogP contribution in [0.5, 0.6) is 0 Å². The molecule has 2 aliphatic rings. The number of nitrogens with zero attached hydrogens (tertiary/aromatic N) is 7. The average molecular weight is 412 g/mol. The molecule has 0 radical (unpaired) electrons.